The molecule has 5 nitrogen and oxygen atoms in total. The number of nitrogens with two attached hydrogens (primary N) is 1. The lowest BCUT2D eigenvalue weighted by atomic mass is 10.1. The van der Waals surface area contributed by atoms with Crippen LogP contribution in [0.25, 0.3) is 0 Å². The predicted molar refractivity (Wildman–Crippen MR) is 71.3 cm³/mol. The molecular formula is C13H23N3O2. The molecule has 102 valence electrons. The van der Waals surface area contributed by atoms with Gasteiger partial charge in [-0.15, -0.1) is 0 Å². The van der Waals surface area contributed by atoms with Crippen LogP contribution in [0.15, 0.2) is 6.07 Å². The first kappa shape index (κ1) is 14.7. The summed E-state index contributed by atoms with van der Waals surface area (Å²) in [5.41, 5.74) is 5.72. The van der Waals surface area contributed by atoms with Gasteiger partial charge in [0.2, 0.25) is 5.88 Å². The largest absolute Gasteiger partial charge is 0.474 e. The number of rotatable bonds is 7. The molecule has 0 aliphatic carbocycles. The number of hydrogen-bond acceptors (Lipinski definition) is 5. The fourth-order valence-electron chi connectivity index (χ4n) is 1.73. The van der Waals surface area contributed by atoms with E-state index in [1.54, 1.807) is 6.07 Å². The molecule has 0 radical (unpaired) electrons. The van der Waals surface area contributed by atoms with Crippen LogP contribution in [0.4, 0.5) is 5.82 Å². The number of nitrogen functional groups attached to an aromatic ring is 1. The summed E-state index contributed by atoms with van der Waals surface area (Å²) in [7, 11) is 0. The fourth-order valence-corrected chi connectivity index (χ4v) is 1.73. The first-order valence-electron chi connectivity index (χ1n) is 6.39. The predicted octanol–water partition coefficient (Wildman–Crippen LogP) is 2.41. The van der Waals surface area contributed by atoms with Crippen molar-refractivity contribution in [3.05, 3.63) is 11.9 Å². The van der Waals surface area contributed by atoms with Gasteiger partial charge in [-0.1, -0.05) is 13.8 Å². The molecule has 0 fully saturated rings. The van der Waals surface area contributed by atoms with Gasteiger partial charge < -0.3 is 15.2 Å². The van der Waals surface area contributed by atoms with Gasteiger partial charge in [-0.25, -0.2) is 4.98 Å². The van der Waals surface area contributed by atoms with Gasteiger partial charge in [0.15, 0.2) is 5.82 Å². The Morgan fingerprint density at radius 1 is 1.28 bits per heavy atom. The summed E-state index contributed by atoms with van der Waals surface area (Å²) in [6.07, 6.45) is 1.09. The maximum atomic E-state index is 5.74. The summed E-state index contributed by atoms with van der Waals surface area (Å²) in [6.45, 7) is 9.26. The van der Waals surface area contributed by atoms with E-state index in [2.05, 4.69) is 23.8 Å². The SMILES string of the molecule is CCOCc1nc(N)cc(OC(C)CC(C)C)n1. The number of nitrogens with zero attached hydrogens (tertiary/aromatic N) is 2. The zero-order valence-electron chi connectivity index (χ0n) is 11.6. The summed E-state index contributed by atoms with van der Waals surface area (Å²) < 4.78 is 11.0. The van der Waals surface area contributed by atoms with Crippen molar-refractivity contribution < 1.29 is 9.47 Å². The second kappa shape index (κ2) is 7.16. The van der Waals surface area contributed by atoms with Gasteiger partial charge in [-0.2, -0.15) is 4.98 Å². The molecule has 0 aromatic carbocycles. The third kappa shape index (κ3) is 5.31. The van der Waals surface area contributed by atoms with Crippen LogP contribution in [0.5, 0.6) is 5.88 Å². The molecular weight excluding hydrogens is 230 g/mol. The Morgan fingerprint density at radius 2 is 2.00 bits per heavy atom. The van der Waals surface area contributed by atoms with Crippen molar-refractivity contribution >= 4 is 5.82 Å². The van der Waals surface area contributed by atoms with Crippen molar-refractivity contribution in [3.8, 4) is 5.88 Å². The van der Waals surface area contributed by atoms with Crippen LogP contribution in [0.3, 0.4) is 0 Å². The molecule has 0 saturated heterocycles. The lowest BCUT2D eigenvalue weighted by Gasteiger charge is -2.16. The molecule has 0 spiro atoms. The Balaban J connectivity index is 2.67. The molecule has 2 N–H and O–H groups in total. The first-order chi connectivity index (χ1) is 8.51. The van der Waals surface area contributed by atoms with E-state index in [-0.39, 0.29) is 6.10 Å². The third-order valence-corrected chi connectivity index (χ3v) is 2.33. The summed E-state index contributed by atoms with van der Waals surface area (Å²) in [5, 5.41) is 0. The fraction of sp³-hybridized carbons (Fsp3) is 0.692. The van der Waals surface area contributed by atoms with E-state index in [1.165, 1.54) is 0 Å². The van der Waals surface area contributed by atoms with E-state index in [9.17, 15) is 0 Å². The normalized spacial score (nSPS) is 12.7. The van der Waals surface area contributed by atoms with E-state index in [4.69, 9.17) is 15.2 Å². The van der Waals surface area contributed by atoms with Gasteiger partial charge in [0.1, 0.15) is 12.4 Å². The van der Waals surface area contributed by atoms with E-state index in [0.29, 0.717) is 36.7 Å². The Labute approximate surface area is 109 Å². The Kier molecular flexibility index (Phi) is 5.85. The molecule has 1 aromatic heterocycles. The van der Waals surface area contributed by atoms with Crippen LogP contribution in [-0.4, -0.2) is 22.7 Å². The average molecular weight is 253 g/mol. The molecule has 1 aromatic rings. The molecule has 1 rings (SSSR count). The van der Waals surface area contributed by atoms with Gasteiger partial charge in [0.05, 0.1) is 6.10 Å². The molecule has 0 saturated carbocycles. The Morgan fingerprint density at radius 3 is 2.61 bits per heavy atom. The highest BCUT2D eigenvalue weighted by atomic mass is 16.5. The van der Waals surface area contributed by atoms with Crippen molar-refractivity contribution in [1.29, 1.82) is 0 Å². The van der Waals surface area contributed by atoms with Crippen LogP contribution in [-0.2, 0) is 11.3 Å². The molecule has 1 heterocycles. The van der Waals surface area contributed by atoms with Crippen LogP contribution in [0.2, 0.25) is 0 Å². The van der Waals surface area contributed by atoms with Crippen molar-refractivity contribution in [3.63, 3.8) is 0 Å². The van der Waals surface area contributed by atoms with Crippen LogP contribution < -0.4 is 10.5 Å². The standard InChI is InChI=1S/C13H23N3O2/c1-5-17-8-12-15-11(14)7-13(16-12)18-10(4)6-9(2)3/h7,9-10H,5-6,8H2,1-4H3,(H2,14,15,16). The van der Waals surface area contributed by atoms with Gasteiger partial charge in [-0.3, -0.25) is 0 Å². The molecule has 0 aliphatic heterocycles. The number of aromatic nitrogens is 2. The van der Waals surface area contributed by atoms with Gasteiger partial charge >= 0.3 is 0 Å². The lowest BCUT2D eigenvalue weighted by molar-refractivity contribution is 0.126. The zero-order valence-corrected chi connectivity index (χ0v) is 11.6. The van der Waals surface area contributed by atoms with Gasteiger partial charge in [0, 0.05) is 12.7 Å². The number of hydrogen-bond donors (Lipinski definition) is 1. The molecule has 1 unspecified atom stereocenters. The van der Waals surface area contributed by atoms with Gasteiger partial charge in [-0.05, 0) is 26.2 Å². The minimum Gasteiger partial charge on any atom is -0.474 e. The monoisotopic (exact) mass is 253 g/mol. The quantitative estimate of drug-likeness (QED) is 0.808. The lowest BCUT2D eigenvalue weighted by Crippen LogP contribution is -2.16. The Bertz CT molecular complexity index is 369. The average Bonchev–Trinajstić information content (AvgIpc) is 2.24. The topological polar surface area (TPSA) is 70.3 Å². The second-order valence-corrected chi connectivity index (χ2v) is 4.74. The maximum absolute atomic E-state index is 5.74. The highest BCUT2D eigenvalue weighted by Crippen LogP contribution is 2.16. The summed E-state index contributed by atoms with van der Waals surface area (Å²) in [6, 6.07) is 1.65. The smallest absolute Gasteiger partial charge is 0.219 e. The molecule has 0 amide bonds. The molecule has 1 atom stereocenters. The number of anilines is 1. The zero-order chi connectivity index (χ0) is 13.5. The molecule has 5 heteroatoms. The molecule has 18 heavy (non-hydrogen) atoms. The minimum absolute atomic E-state index is 0.110. The highest BCUT2D eigenvalue weighted by Gasteiger charge is 2.10. The van der Waals surface area contributed by atoms with Crippen molar-refractivity contribution in [2.24, 2.45) is 5.92 Å². The molecule has 0 aliphatic rings. The van der Waals surface area contributed by atoms with Crippen molar-refractivity contribution in [2.75, 3.05) is 12.3 Å². The van der Waals surface area contributed by atoms with E-state index >= 15 is 0 Å². The maximum Gasteiger partial charge on any atom is 0.219 e. The Hall–Kier alpha value is -1.36. The third-order valence-electron chi connectivity index (χ3n) is 2.33. The van der Waals surface area contributed by atoms with Crippen molar-refractivity contribution in [1.82, 2.24) is 9.97 Å². The molecule has 0 bridgehead atoms. The van der Waals surface area contributed by atoms with E-state index < -0.39 is 0 Å². The summed E-state index contributed by atoms with van der Waals surface area (Å²) in [5.74, 6) is 2.07. The van der Waals surface area contributed by atoms with E-state index in [1.807, 2.05) is 13.8 Å². The van der Waals surface area contributed by atoms with Crippen LogP contribution in [0.1, 0.15) is 39.9 Å². The number of ether oxygens (including phenoxy) is 2. The highest BCUT2D eigenvalue weighted by molar-refractivity contribution is 5.32. The van der Waals surface area contributed by atoms with Crippen LogP contribution in [0, 0.1) is 5.92 Å². The second-order valence-electron chi connectivity index (χ2n) is 4.74. The van der Waals surface area contributed by atoms with Crippen molar-refractivity contribution in [2.45, 2.75) is 46.8 Å². The summed E-state index contributed by atoms with van der Waals surface area (Å²) >= 11 is 0. The van der Waals surface area contributed by atoms with Crippen LogP contribution >= 0.6 is 0 Å². The summed E-state index contributed by atoms with van der Waals surface area (Å²) in [4.78, 5) is 8.38. The minimum atomic E-state index is 0.110. The van der Waals surface area contributed by atoms with E-state index in [0.717, 1.165) is 6.42 Å². The first-order valence-corrected chi connectivity index (χ1v) is 6.39. The van der Waals surface area contributed by atoms with Gasteiger partial charge in [0.25, 0.3) is 0 Å².